The molecule has 1 unspecified atom stereocenters. The first-order valence-electron chi connectivity index (χ1n) is 7.38. The number of benzene rings is 1. The van der Waals surface area contributed by atoms with Gasteiger partial charge < -0.3 is 5.73 Å². The summed E-state index contributed by atoms with van der Waals surface area (Å²) >= 11 is 6.02. The predicted octanol–water partition coefficient (Wildman–Crippen LogP) is 2.96. The lowest BCUT2D eigenvalue weighted by Crippen LogP contribution is -2.35. The average molecular weight is 331 g/mol. The molecule has 2 rings (SSSR count). The van der Waals surface area contributed by atoms with Gasteiger partial charge in [0.1, 0.15) is 0 Å². The van der Waals surface area contributed by atoms with Gasteiger partial charge in [-0.2, -0.15) is 0 Å². The number of rotatable bonds is 7. The fourth-order valence-corrected chi connectivity index (χ4v) is 4.49. The number of nitrogens with one attached hydrogen (secondary N) is 1. The molecule has 6 heteroatoms. The Balaban J connectivity index is 2.27. The van der Waals surface area contributed by atoms with Crippen LogP contribution in [0.3, 0.4) is 0 Å². The van der Waals surface area contributed by atoms with Crippen molar-refractivity contribution in [1.82, 2.24) is 4.72 Å². The van der Waals surface area contributed by atoms with Crippen molar-refractivity contribution in [1.29, 1.82) is 0 Å². The first-order chi connectivity index (χ1) is 9.87. The number of sulfonamides is 1. The number of nitrogens with two attached hydrogens (primary N) is 1. The second kappa shape index (κ2) is 6.65. The van der Waals surface area contributed by atoms with Gasteiger partial charge in [-0.3, -0.25) is 0 Å². The van der Waals surface area contributed by atoms with E-state index in [1.807, 2.05) is 6.92 Å². The van der Waals surface area contributed by atoms with Crippen LogP contribution in [0.1, 0.15) is 43.7 Å². The average Bonchev–Trinajstić information content (AvgIpc) is 3.23. The van der Waals surface area contributed by atoms with E-state index < -0.39 is 10.0 Å². The monoisotopic (exact) mass is 330 g/mol. The molecule has 0 heterocycles. The first-order valence-corrected chi connectivity index (χ1v) is 9.25. The maximum Gasteiger partial charge on any atom is 0.241 e. The van der Waals surface area contributed by atoms with Crippen LogP contribution in [0.2, 0.25) is 5.02 Å². The lowest BCUT2D eigenvalue weighted by atomic mass is 10.1. The minimum Gasteiger partial charge on any atom is -0.326 e. The van der Waals surface area contributed by atoms with Crippen molar-refractivity contribution in [2.75, 3.05) is 0 Å². The van der Waals surface area contributed by atoms with Gasteiger partial charge in [0.05, 0.1) is 4.90 Å². The Labute approximate surface area is 132 Å². The van der Waals surface area contributed by atoms with Crippen LogP contribution in [0.5, 0.6) is 0 Å². The molecule has 4 nitrogen and oxygen atoms in total. The molecule has 0 saturated heterocycles. The molecule has 1 aromatic carbocycles. The minimum absolute atomic E-state index is 0.0118. The van der Waals surface area contributed by atoms with Crippen LogP contribution in [0.25, 0.3) is 0 Å². The molecule has 0 amide bonds. The molecule has 1 aromatic rings. The molecule has 1 saturated carbocycles. The van der Waals surface area contributed by atoms with Crippen LogP contribution in [0.15, 0.2) is 17.0 Å². The molecule has 21 heavy (non-hydrogen) atoms. The highest BCUT2D eigenvalue weighted by molar-refractivity contribution is 7.89. The van der Waals surface area contributed by atoms with E-state index in [1.54, 1.807) is 13.0 Å². The Hall–Kier alpha value is -0.620. The summed E-state index contributed by atoms with van der Waals surface area (Å²) < 4.78 is 28.1. The Morgan fingerprint density at radius 1 is 1.43 bits per heavy atom. The first kappa shape index (κ1) is 16.7. The third kappa shape index (κ3) is 4.19. The van der Waals surface area contributed by atoms with E-state index in [4.69, 9.17) is 17.3 Å². The predicted molar refractivity (Wildman–Crippen MR) is 85.8 cm³/mol. The van der Waals surface area contributed by atoms with Crippen LogP contribution in [0, 0.1) is 12.8 Å². The normalized spacial score (nSPS) is 17.0. The topological polar surface area (TPSA) is 72.2 Å². The summed E-state index contributed by atoms with van der Waals surface area (Å²) in [5, 5.41) is 0.400. The SMILES string of the molecule is CCC(CC1CC1)NS(=O)(=O)c1cc(Cl)cc(CN)c1C. The van der Waals surface area contributed by atoms with E-state index in [1.165, 1.54) is 18.9 Å². The standard InChI is InChI=1S/C15H23ClN2O2S/c1-3-14(6-11-4-5-11)18-21(19,20)15-8-13(16)7-12(9-17)10(15)2/h7-8,11,14,18H,3-6,9,17H2,1-2H3. The van der Waals surface area contributed by atoms with Gasteiger partial charge in [-0.15, -0.1) is 0 Å². The Bertz CT molecular complexity index is 612. The third-order valence-corrected chi connectivity index (χ3v) is 5.94. The lowest BCUT2D eigenvalue weighted by Gasteiger charge is -2.19. The van der Waals surface area contributed by atoms with E-state index in [0.29, 0.717) is 16.5 Å². The molecule has 0 spiro atoms. The molecule has 1 atom stereocenters. The van der Waals surface area contributed by atoms with E-state index in [0.717, 1.165) is 18.4 Å². The fourth-order valence-electron chi connectivity index (χ4n) is 2.54. The smallest absolute Gasteiger partial charge is 0.241 e. The quantitative estimate of drug-likeness (QED) is 0.807. The summed E-state index contributed by atoms with van der Waals surface area (Å²) in [7, 11) is -3.57. The summed E-state index contributed by atoms with van der Waals surface area (Å²) in [5.41, 5.74) is 7.10. The van der Waals surface area contributed by atoms with Crippen molar-refractivity contribution < 1.29 is 8.42 Å². The Kier molecular flexibility index (Phi) is 5.30. The number of hydrogen-bond acceptors (Lipinski definition) is 3. The highest BCUT2D eigenvalue weighted by atomic mass is 35.5. The van der Waals surface area contributed by atoms with Crippen molar-refractivity contribution in [3.05, 3.63) is 28.3 Å². The molecule has 3 N–H and O–H groups in total. The molecular weight excluding hydrogens is 308 g/mol. The minimum atomic E-state index is -3.57. The zero-order valence-electron chi connectivity index (χ0n) is 12.5. The summed E-state index contributed by atoms with van der Waals surface area (Å²) in [6.45, 7) is 4.05. The van der Waals surface area contributed by atoms with Crippen LogP contribution in [-0.2, 0) is 16.6 Å². The highest BCUT2D eigenvalue weighted by Gasteiger charge is 2.28. The molecule has 0 aliphatic heterocycles. The number of hydrogen-bond donors (Lipinski definition) is 2. The van der Waals surface area contributed by atoms with E-state index in [-0.39, 0.29) is 17.5 Å². The molecule has 0 aromatic heterocycles. The van der Waals surface area contributed by atoms with Gasteiger partial charge in [0.2, 0.25) is 10.0 Å². The zero-order chi connectivity index (χ0) is 15.6. The van der Waals surface area contributed by atoms with Gasteiger partial charge in [0.15, 0.2) is 0 Å². The van der Waals surface area contributed by atoms with E-state index in [2.05, 4.69) is 4.72 Å². The molecule has 1 aliphatic carbocycles. The maximum absolute atomic E-state index is 12.6. The number of halogens is 1. The van der Waals surface area contributed by atoms with E-state index in [9.17, 15) is 8.42 Å². The molecular formula is C15H23ClN2O2S. The summed E-state index contributed by atoms with van der Waals surface area (Å²) in [4.78, 5) is 0.240. The molecule has 1 aliphatic rings. The van der Waals surface area contributed by atoms with Crippen molar-refractivity contribution in [2.45, 2.75) is 57.0 Å². The zero-order valence-corrected chi connectivity index (χ0v) is 14.1. The van der Waals surface area contributed by atoms with Crippen molar-refractivity contribution in [2.24, 2.45) is 11.7 Å². The second-order valence-electron chi connectivity index (χ2n) is 5.80. The van der Waals surface area contributed by atoms with Gasteiger partial charge in [-0.05, 0) is 48.9 Å². The molecule has 0 bridgehead atoms. The molecule has 0 radical (unpaired) electrons. The van der Waals surface area contributed by atoms with Gasteiger partial charge in [0.25, 0.3) is 0 Å². The largest absolute Gasteiger partial charge is 0.326 e. The highest BCUT2D eigenvalue weighted by Crippen LogP contribution is 2.34. The van der Waals surface area contributed by atoms with Crippen LogP contribution >= 0.6 is 11.6 Å². The summed E-state index contributed by atoms with van der Waals surface area (Å²) in [5.74, 6) is 0.678. The van der Waals surface area contributed by atoms with Crippen LogP contribution in [0.4, 0.5) is 0 Å². The van der Waals surface area contributed by atoms with Gasteiger partial charge in [-0.25, -0.2) is 13.1 Å². The van der Waals surface area contributed by atoms with Gasteiger partial charge in [-0.1, -0.05) is 31.4 Å². The second-order valence-corrected chi connectivity index (χ2v) is 7.92. The van der Waals surface area contributed by atoms with Crippen molar-refractivity contribution >= 4 is 21.6 Å². The molecule has 118 valence electrons. The van der Waals surface area contributed by atoms with Crippen LogP contribution < -0.4 is 10.5 Å². The van der Waals surface area contributed by atoms with E-state index >= 15 is 0 Å². The Morgan fingerprint density at radius 3 is 2.62 bits per heavy atom. The third-order valence-electron chi connectivity index (χ3n) is 4.07. The van der Waals surface area contributed by atoms with Gasteiger partial charge in [0, 0.05) is 17.6 Å². The van der Waals surface area contributed by atoms with Gasteiger partial charge >= 0.3 is 0 Å². The van der Waals surface area contributed by atoms with Crippen molar-refractivity contribution in [3.8, 4) is 0 Å². The fraction of sp³-hybridized carbons (Fsp3) is 0.600. The summed E-state index contributed by atoms with van der Waals surface area (Å²) in [6, 6.07) is 3.21. The van der Waals surface area contributed by atoms with Crippen LogP contribution in [-0.4, -0.2) is 14.5 Å². The maximum atomic E-state index is 12.6. The lowest BCUT2D eigenvalue weighted by molar-refractivity contribution is 0.495. The van der Waals surface area contributed by atoms with Crippen molar-refractivity contribution in [3.63, 3.8) is 0 Å². The molecule has 1 fully saturated rings. The Morgan fingerprint density at radius 2 is 2.10 bits per heavy atom. The summed E-state index contributed by atoms with van der Waals surface area (Å²) in [6.07, 6.45) is 4.13.